The number of carbonyl (C=O) groups is 1. The van der Waals surface area contributed by atoms with E-state index in [1.54, 1.807) is 12.1 Å². The summed E-state index contributed by atoms with van der Waals surface area (Å²) in [6, 6.07) is 24.9. The molecule has 1 aliphatic heterocycles. The molecule has 0 bridgehead atoms. The molecule has 0 amide bonds. The van der Waals surface area contributed by atoms with E-state index in [0.29, 0.717) is 17.4 Å². The molecule has 3 unspecified atom stereocenters. The maximum Gasteiger partial charge on any atom is 0.510 e. The fourth-order valence-corrected chi connectivity index (χ4v) is 7.26. The van der Waals surface area contributed by atoms with Gasteiger partial charge in [-0.25, -0.2) is 14.2 Å². The minimum atomic E-state index is -1.14. The molecule has 0 aromatic heterocycles. The SMILES string of the molecule is COC(=O)OC1(Cc2ccc(Cl)cc2)N=CN(CCc2ccccc2)C1C1CCC(C(c2cccc(F)c2)N(C)C)CC1. The number of benzene rings is 3. The Morgan fingerprint density at radius 1 is 1.02 bits per heavy atom. The average Bonchev–Trinajstić information content (AvgIpc) is 3.35. The lowest BCUT2D eigenvalue weighted by Crippen LogP contribution is -2.55. The standard InChI is InChI=1S/C35H41ClFN3O3/c1-39(2)32(29-10-7-11-31(37)22-29)27-14-16-28(17-15-27)33-35(43-34(41)42-3,23-26-12-18-30(36)19-13-26)38-24-40(33)21-20-25-8-5-4-6-9-25/h4-13,18-19,22,24,27-28,32-33H,14-17,20-21,23H2,1-3H3. The highest BCUT2D eigenvalue weighted by atomic mass is 35.5. The normalized spacial score (nSPS) is 24.2. The van der Waals surface area contributed by atoms with E-state index in [2.05, 4.69) is 48.2 Å². The monoisotopic (exact) mass is 605 g/mol. The van der Waals surface area contributed by atoms with Gasteiger partial charge in [0.05, 0.1) is 19.5 Å². The number of methoxy groups -OCH3 is 1. The van der Waals surface area contributed by atoms with Crippen LogP contribution >= 0.6 is 11.6 Å². The van der Waals surface area contributed by atoms with E-state index in [1.807, 2.05) is 42.7 Å². The van der Waals surface area contributed by atoms with Crippen LogP contribution in [0.1, 0.15) is 48.4 Å². The van der Waals surface area contributed by atoms with Gasteiger partial charge >= 0.3 is 6.16 Å². The fraction of sp³-hybridized carbons (Fsp3) is 0.429. The van der Waals surface area contributed by atoms with E-state index in [1.165, 1.54) is 18.7 Å². The number of hydrogen-bond donors (Lipinski definition) is 0. The first-order valence-corrected chi connectivity index (χ1v) is 15.4. The van der Waals surface area contributed by atoms with Crippen LogP contribution in [0.4, 0.5) is 9.18 Å². The summed E-state index contributed by atoms with van der Waals surface area (Å²) < 4.78 is 25.3. The predicted molar refractivity (Wildman–Crippen MR) is 169 cm³/mol. The lowest BCUT2D eigenvalue weighted by atomic mass is 9.71. The molecule has 3 atom stereocenters. The molecule has 5 rings (SSSR count). The third-order valence-corrected chi connectivity index (χ3v) is 9.25. The number of carbonyl (C=O) groups excluding carboxylic acids is 1. The molecule has 0 saturated heterocycles. The van der Waals surface area contributed by atoms with E-state index in [0.717, 1.165) is 49.8 Å². The van der Waals surface area contributed by atoms with Gasteiger partial charge in [0.25, 0.3) is 0 Å². The van der Waals surface area contributed by atoms with Gasteiger partial charge in [0, 0.05) is 24.0 Å². The second-order valence-electron chi connectivity index (χ2n) is 12.0. The summed E-state index contributed by atoms with van der Waals surface area (Å²) in [6.45, 7) is 0.745. The number of ether oxygens (including phenoxy) is 2. The van der Waals surface area contributed by atoms with Gasteiger partial charge in [-0.2, -0.15) is 0 Å². The first-order chi connectivity index (χ1) is 20.8. The highest BCUT2D eigenvalue weighted by molar-refractivity contribution is 6.30. The average molecular weight is 606 g/mol. The maximum atomic E-state index is 14.2. The molecule has 228 valence electrons. The summed E-state index contributed by atoms with van der Waals surface area (Å²) in [5, 5.41) is 0.648. The summed E-state index contributed by atoms with van der Waals surface area (Å²) >= 11 is 6.19. The van der Waals surface area contributed by atoms with Gasteiger partial charge in [0.1, 0.15) is 5.82 Å². The van der Waals surface area contributed by atoms with Gasteiger partial charge in [-0.15, -0.1) is 0 Å². The fourth-order valence-electron chi connectivity index (χ4n) is 7.13. The van der Waals surface area contributed by atoms with Gasteiger partial charge in [0.2, 0.25) is 5.72 Å². The van der Waals surface area contributed by atoms with Gasteiger partial charge in [0.15, 0.2) is 0 Å². The van der Waals surface area contributed by atoms with Gasteiger partial charge in [-0.3, -0.25) is 0 Å². The number of nitrogens with zero attached hydrogens (tertiary/aromatic N) is 3. The Labute approximate surface area is 259 Å². The van der Waals surface area contributed by atoms with E-state index < -0.39 is 11.9 Å². The largest absolute Gasteiger partial charge is 0.510 e. The van der Waals surface area contributed by atoms with E-state index in [-0.39, 0.29) is 23.8 Å². The van der Waals surface area contributed by atoms with Crippen molar-refractivity contribution in [2.75, 3.05) is 27.7 Å². The zero-order valence-corrected chi connectivity index (χ0v) is 25.9. The van der Waals surface area contributed by atoms with Crippen molar-refractivity contribution in [2.45, 2.75) is 56.3 Å². The van der Waals surface area contributed by atoms with E-state index in [4.69, 9.17) is 26.1 Å². The van der Waals surface area contributed by atoms with Crippen LogP contribution in [0.15, 0.2) is 83.9 Å². The molecule has 6 nitrogen and oxygen atoms in total. The van der Waals surface area contributed by atoms with Crippen molar-refractivity contribution in [3.63, 3.8) is 0 Å². The van der Waals surface area contributed by atoms with E-state index >= 15 is 0 Å². The quantitative estimate of drug-likeness (QED) is 0.223. The van der Waals surface area contributed by atoms with E-state index in [9.17, 15) is 9.18 Å². The van der Waals surface area contributed by atoms with Crippen molar-refractivity contribution in [3.05, 3.63) is 106 Å². The zero-order valence-electron chi connectivity index (χ0n) is 25.2. The maximum absolute atomic E-state index is 14.2. The zero-order chi connectivity index (χ0) is 30.4. The summed E-state index contributed by atoms with van der Waals surface area (Å²) in [5.74, 6) is 0.393. The Morgan fingerprint density at radius 3 is 2.40 bits per heavy atom. The smallest absolute Gasteiger partial charge is 0.438 e. The number of rotatable bonds is 10. The molecule has 1 saturated carbocycles. The number of hydrogen-bond acceptors (Lipinski definition) is 6. The van der Waals surface area contributed by atoms with Crippen LogP contribution in [0, 0.1) is 17.7 Å². The molecule has 0 N–H and O–H groups in total. The van der Waals surface area contributed by atoms with Crippen LogP contribution in [-0.4, -0.2) is 61.8 Å². The molecule has 0 radical (unpaired) electrons. The van der Waals surface area contributed by atoms with Gasteiger partial charge in [-0.05, 0) is 99.0 Å². The first-order valence-electron chi connectivity index (χ1n) is 15.1. The molecule has 1 fully saturated rings. The van der Waals surface area contributed by atoms with Gasteiger partial charge < -0.3 is 19.3 Å². The highest BCUT2D eigenvalue weighted by Crippen LogP contribution is 2.46. The van der Waals surface area contributed by atoms with Crippen LogP contribution in [0.3, 0.4) is 0 Å². The summed E-state index contributed by atoms with van der Waals surface area (Å²) in [6.07, 6.45) is 6.20. The molecule has 1 heterocycles. The van der Waals surface area contributed by atoms with Crippen molar-refractivity contribution in [3.8, 4) is 0 Å². The molecule has 1 aliphatic carbocycles. The molecule has 43 heavy (non-hydrogen) atoms. The molecule has 3 aromatic carbocycles. The van der Waals surface area contributed by atoms with Crippen LogP contribution in [-0.2, 0) is 22.3 Å². The van der Waals surface area contributed by atoms with Crippen LogP contribution in [0.2, 0.25) is 5.02 Å². The lowest BCUT2D eigenvalue weighted by Gasteiger charge is -2.45. The molecular formula is C35H41ClFN3O3. The second kappa shape index (κ2) is 13.9. The minimum Gasteiger partial charge on any atom is -0.438 e. The van der Waals surface area contributed by atoms with Crippen LogP contribution in [0.25, 0.3) is 0 Å². The van der Waals surface area contributed by atoms with Crippen LogP contribution < -0.4 is 0 Å². The lowest BCUT2D eigenvalue weighted by molar-refractivity contribution is -0.0711. The van der Waals surface area contributed by atoms with Crippen molar-refractivity contribution in [2.24, 2.45) is 16.8 Å². The molecule has 3 aromatic rings. The van der Waals surface area contributed by atoms with Crippen LogP contribution in [0.5, 0.6) is 0 Å². The topological polar surface area (TPSA) is 54.4 Å². The first kappa shape index (κ1) is 31.0. The molecule has 2 aliphatic rings. The summed E-state index contributed by atoms with van der Waals surface area (Å²) in [5.41, 5.74) is 2.09. The third kappa shape index (κ3) is 7.39. The Morgan fingerprint density at radius 2 is 1.74 bits per heavy atom. The third-order valence-electron chi connectivity index (χ3n) is 9.00. The van der Waals surface area contributed by atoms with Crippen molar-refractivity contribution >= 4 is 24.1 Å². The Balaban J connectivity index is 1.42. The predicted octanol–water partition coefficient (Wildman–Crippen LogP) is 7.57. The summed E-state index contributed by atoms with van der Waals surface area (Å²) in [4.78, 5) is 22.2. The Kier molecular flexibility index (Phi) is 10.0. The number of halogens is 2. The van der Waals surface area contributed by atoms with Crippen molar-refractivity contribution in [1.82, 2.24) is 9.80 Å². The Hall–Kier alpha value is -3.42. The van der Waals surface area contributed by atoms with Gasteiger partial charge in [-0.1, -0.05) is 66.2 Å². The Bertz CT molecular complexity index is 1380. The van der Waals surface area contributed by atoms with Crippen molar-refractivity contribution < 1.29 is 18.7 Å². The minimum absolute atomic E-state index is 0.121. The number of aliphatic imine (C=N–C) groups is 1. The second-order valence-corrected chi connectivity index (χ2v) is 12.4. The highest BCUT2D eigenvalue weighted by Gasteiger charge is 2.53. The molecule has 8 heteroatoms. The molecule has 0 spiro atoms. The molecular weight excluding hydrogens is 565 g/mol. The summed E-state index contributed by atoms with van der Waals surface area (Å²) in [7, 11) is 5.47. The van der Waals surface area contributed by atoms with Crippen molar-refractivity contribution in [1.29, 1.82) is 0 Å².